The zero-order valence-corrected chi connectivity index (χ0v) is 18.5. The van der Waals surface area contributed by atoms with Gasteiger partial charge in [-0.1, -0.05) is 0 Å². The largest absolute Gasteiger partial charge is 0.318 e. The van der Waals surface area contributed by atoms with E-state index in [0.29, 0.717) is 10.3 Å². The number of hydrogen-bond donors (Lipinski definition) is 2. The number of nitrogens with one attached hydrogen (secondary N) is 2. The van der Waals surface area contributed by atoms with Crippen LogP contribution in [0, 0.1) is 19.7 Å². The highest BCUT2D eigenvalue weighted by Crippen LogP contribution is 2.32. The third-order valence-electron chi connectivity index (χ3n) is 4.54. The molecule has 0 aliphatic rings. The van der Waals surface area contributed by atoms with E-state index in [1.165, 1.54) is 41.7 Å². The minimum Gasteiger partial charge on any atom is -0.318 e. The molecule has 1 aromatic carbocycles. The van der Waals surface area contributed by atoms with Gasteiger partial charge in [0.05, 0.1) is 5.69 Å². The number of amides is 2. The Kier molecular flexibility index (Phi) is 5.66. The Labute approximate surface area is 185 Å². The molecule has 0 radical (unpaired) electrons. The van der Waals surface area contributed by atoms with E-state index in [0.717, 1.165) is 28.3 Å². The summed E-state index contributed by atoms with van der Waals surface area (Å²) in [5, 5.41) is 9.55. The van der Waals surface area contributed by atoms with Crippen molar-refractivity contribution in [2.24, 2.45) is 0 Å². The Morgan fingerprint density at radius 2 is 1.68 bits per heavy atom. The molecule has 0 unspecified atom stereocenters. The molecule has 3 aromatic heterocycles. The van der Waals surface area contributed by atoms with Crippen molar-refractivity contribution < 1.29 is 14.0 Å². The monoisotopic (exact) mass is 455 g/mol. The van der Waals surface area contributed by atoms with E-state index in [1.807, 2.05) is 29.9 Å². The molecule has 10 heteroatoms. The quantitative estimate of drug-likeness (QED) is 0.442. The first kappa shape index (κ1) is 20.9. The fourth-order valence-corrected chi connectivity index (χ4v) is 4.65. The molecule has 0 atom stereocenters. The summed E-state index contributed by atoms with van der Waals surface area (Å²) in [6.45, 7) is 5.33. The average Bonchev–Trinajstić information content (AvgIpc) is 3.42. The number of nitrogens with zero attached hydrogens (tertiary/aromatic N) is 3. The summed E-state index contributed by atoms with van der Waals surface area (Å²) in [6, 6.07) is 8.34. The molecular formula is C21H18FN5O2S2. The molecule has 158 valence electrons. The second-order valence-corrected chi connectivity index (χ2v) is 8.52. The van der Waals surface area contributed by atoms with Crippen LogP contribution in [0.1, 0.15) is 28.8 Å². The molecule has 2 amide bonds. The van der Waals surface area contributed by atoms with Gasteiger partial charge in [-0.05, 0) is 44.2 Å². The van der Waals surface area contributed by atoms with Crippen LogP contribution in [-0.4, -0.2) is 26.3 Å². The van der Waals surface area contributed by atoms with E-state index >= 15 is 0 Å². The lowest BCUT2D eigenvalue weighted by Gasteiger charge is -2.09. The Balaban J connectivity index is 1.54. The van der Waals surface area contributed by atoms with Crippen molar-refractivity contribution in [2.75, 3.05) is 10.6 Å². The van der Waals surface area contributed by atoms with Gasteiger partial charge in [0.25, 0.3) is 5.91 Å². The number of carbonyl (C=O) groups excluding carboxylic acids is 2. The summed E-state index contributed by atoms with van der Waals surface area (Å²) in [5.41, 5.74) is 4.70. The van der Waals surface area contributed by atoms with Crippen LogP contribution in [0.4, 0.5) is 14.7 Å². The van der Waals surface area contributed by atoms with Gasteiger partial charge in [0, 0.05) is 40.3 Å². The van der Waals surface area contributed by atoms with Crippen molar-refractivity contribution in [1.29, 1.82) is 0 Å². The third kappa shape index (κ3) is 4.39. The van der Waals surface area contributed by atoms with E-state index in [-0.39, 0.29) is 17.4 Å². The molecule has 3 heterocycles. The third-order valence-corrected chi connectivity index (χ3v) is 6.05. The summed E-state index contributed by atoms with van der Waals surface area (Å²) < 4.78 is 15.3. The maximum absolute atomic E-state index is 13.3. The standard InChI is InChI=1S/C21H18FN5O2S2/c1-11-8-16(12(2)27(11)15-6-4-14(22)5-7-15)17-9-30-21(24-17)26-19(29)18-10-31-20(25-18)23-13(3)28/h4-10H,1-3H3,(H,23,25,28)(H,24,26,29). The highest BCUT2D eigenvalue weighted by Gasteiger charge is 2.17. The molecule has 31 heavy (non-hydrogen) atoms. The lowest BCUT2D eigenvalue weighted by atomic mass is 10.2. The second kappa shape index (κ2) is 8.40. The number of anilines is 2. The van der Waals surface area contributed by atoms with E-state index in [9.17, 15) is 14.0 Å². The van der Waals surface area contributed by atoms with Gasteiger partial charge in [0.1, 0.15) is 11.5 Å². The van der Waals surface area contributed by atoms with Crippen molar-refractivity contribution in [3.8, 4) is 16.9 Å². The number of carbonyl (C=O) groups is 2. The van der Waals surface area contributed by atoms with Crippen molar-refractivity contribution in [3.05, 3.63) is 64.0 Å². The minimum absolute atomic E-state index is 0.208. The topological polar surface area (TPSA) is 88.9 Å². The predicted octanol–water partition coefficient (Wildman–Crippen LogP) is 5.02. The van der Waals surface area contributed by atoms with Crippen LogP contribution in [0.5, 0.6) is 0 Å². The lowest BCUT2D eigenvalue weighted by molar-refractivity contribution is -0.114. The number of halogens is 1. The zero-order chi connectivity index (χ0) is 22.1. The first-order chi connectivity index (χ1) is 14.8. The predicted molar refractivity (Wildman–Crippen MR) is 121 cm³/mol. The fraction of sp³-hybridized carbons (Fsp3) is 0.143. The number of aromatic nitrogens is 3. The average molecular weight is 456 g/mol. The SMILES string of the molecule is CC(=O)Nc1nc(C(=O)Nc2nc(-c3cc(C)n(-c4ccc(F)cc4)c3C)cs2)cs1. The first-order valence-corrected chi connectivity index (χ1v) is 11.0. The number of aryl methyl sites for hydroxylation is 1. The van der Waals surface area contributed by atoms with E-state index in [2.05, 4.69) is 20.6 Å². The maximum Gasteiger partial charge on any atom is 0.276 e. The van der Waals surface area contributed by atoms with Gasteiger partial charge in [0.15, 0.2) is 10.3 Å². The molecule has 4 aromatic rings. The first-order valence-electron chi connectivity index (χ1n) is 9.27. The van der Waals surface area contributed by atoms with E-state index in [4.69, 9.17) is 0 Å². The molecule has 2 N–H and O–H groups in total. The number of benzene rings is 1. The normalized spacial score (nSPS) is 10.8. The molecule has 0 aliphatic heterocycles. The van der Waals surface area contributed by atoms with Crippen molar-refractivity contribution >= 4 is 44.8 Å². The highest BCUT2D eigenvalue weighted by atomic mass is 32.1. The van der Waals surface area contributed by atoms with Crippen LogP contribution in [0.2, 0.25) is 0 Å². The van der Waals surface area contributed by atoms with Gasteiger partial charge in [-0.15, -0.1) is 22.7 Å². The second-order valence-electron chi connectivity index (χ2n) is 6.81. The lowest BCUT2D eigenvalue weighted by Crippen LogP contribution is -2.13. The van der Waals surface area contributed by atoms with Crippen LogP contribution in [0.15, 0.2) is 41.1 Å². The molecule has 0 spiro atoms. The number of thiazole rings is 2. The summed E-state index contributed by atoms with van der Waals surface area (Å²) in [7, 11) is 0. The molecule has 0 fully saturated rings. The molecular weight excluding hydrogens is 437 g/mol. The van der Waals surface area contributed by atoms with Crippen LogP contribution in [0.25, 0.3) is 16.9 Å². The molecule has 0 saturated heterocycles. The van der Waals surface area contributed by atoms with E-state index in [1.54, 1.807) is 17.5 Å². The Morgan fingerprint density at radius 1 is 1.00 bits per heavy atom. The van der Waals surface area contributed by atoms with Crippen LogP contribution < -0.4 is 10.6 Å². The van der Waals surface area contributed by atoms with Crippen LogP contribution >= 0.6 is 22.7 Å². The fourth-order valence-electron chi connectivity index (χ4n) is 3.21. The van der Waals surface area contributed by atoms with E-state index < -0.39 is 5.91 Å². The molecule has 0 bridgehead atoms. The van der Waals surface area contributed by atoms with Crippen LogP contribution in [-0.2, 0) is 4.79 Å². The summed E-state index contributed by atoms with van der Waals surface area (Å²) in [6.07, 6.45) is 0. The minimum atomic E-state index is -0.398. The molecule has 7 nitrogen and oxygen atoms in total. The number of hydrogen-bond acceptors (Lipinski definition) is 6. The summed E-state index contributed by atoms with van der Waals surface area (Å²) in [4.78, 5) is 32.2. The van der Waals surface area contributed by atoms with Crippen molar-refractivity contribution in [1.82, 2.24) is 14.5 Å². The van der Waals surface area contributed by atoms with Gasteiger partial charge in [-0.25, -0.2) is 14.4 Å². The van der Waals surface area contributed by atoms with Gasteiger partial charge < -0.3 is 9.88 Å². The maximum atomic E-state index is 13.3. The summed E-state index contributed by atoms with van der Waals surface area (Å²) >= 11 is 2.49. The Bertz CT molecular complexity index is 1270. The van der Waals surface area contributed by atoms with Crippen LogP contribution in [0.3, 0.4) is 0 Å². The summed E-state index contributed by atoms with van der Waals surface area (Å²) in [5.74, 6) is -0.926. The van der Waals surface area contributed by atoms with Gasteiger partial charge in [-0.3, -0.25) is 14.9 Å². The van der Waals surface area contributed by atoms with Gasteiger partial charge >= 0.3 is 0 Å². The Morgan fingerprint density at radius 3 is 2.39 bits per heavy atom. The number of rotatable bonds is 5. The Hall–Kier alpha value is -3.37. The molecule has 4 rings (SSSR count). The van der Waals surface area contributed by atoms with Gasteiger partial charge in [0.2, 0.25) is 5.91 Å². The highest BCUT2D eigenvalue weighted by molar-refractivity contribution is 7.14. The van der Waals surface area contributed by atoms with Gasteiger partial charge in [-0.2, -0.15) is 0 Å². The smallest absolute Gasteiger partial charge is 0.276 e. The molecule has 0 saturated carbocycles. The van der Waals surface area contributed by atoms with Crippen molar-refractivity contribution in [2.45, 2.75) is 20.8 Å². The molecule has 0 aliphatic carbocycles. The van der Waals surface area contributed by atoms with Crippen molar-refractivity contribution in [3.63, 3.8) is 0 Å². The zero-order valence-electron chi connectivity index (χ0n) is 16.9.